The highest BCUT2D eigenvalue weighted by Gasteiger charge is 2.26. The van der Waals surface area contributed by atoms with Gasteiger partial charge in [-0.15, -0.1) is 11.8 Å². The second kappa shape index (κ2) is 11.0. The standard InChI is InChI=1S/C25H35N5OS/c1-31-20-9-7-8-19(18-20)29-14-16-30(17-15-29)25(27-22-11-4-3-10-21(22)26)28-23-12-5-6-13-24(23)32-2/h5-9,12-13,18,21-22H,3-4,10-11,14-17,26H2,1-2H3,(H,27,28)/t21-,22-/m0/s1. The number of methoxy groups -OCH3 is 1. The fraction of sp³-hybridized carbons (Fsp3) is 0.480. The van der Waals surface area contributed by atoms with E-state index in [1.54, 1.807) is 18.9 Å². The summed E-state index contributed by atoms with van der Waals surface area (Å²) in [5.74, 6) is 1.85. The molecule has 1 aliphatic carbocycles. The summed E-state index contributed by atoms with van der Waals surface area (Å²) < 4.78 is 5.41. The Labute approximate surface area is 196 Å². The maximum Gasteiger partial charge on any atom is 0.198 e. The van der Waals surface area contributed by atoms with Crippen molar-refractivity contribution < 1.29 is 4.74 Å². The lowest BCUT2D eigenvalue weighted by Gasteiger charge is -2.38. The monoisotopic (exact) mass is 453 g/mol. The Morgan fingerprint density at radius 1 is 1.06 bits per heavy atom. The number of benzene rings is 2. The maximum atomic E-state index is 6.45. The van der Waals surface area contributed by atoms with E-state index in [1.165, 1.54) is 23.4 Å². The normalized spacial score (nSPS) is 22.0. The summed E-state index contributed by atoms with van der Waals surface area (Å²) >= 11 is 1.75. The van der Waals surface area contributed by atoms with Crippen LogP contribution in [-0.2, 0) is 0 Å². The topological polar surface area (TPSA) is 66.1 Å². The van der Waals surface area contributed by atoms with Gasteiger partial charge in [-0.25, -0.2) is 4.99 Å². The summed E-state index contributed by atoms with van der Waals surface area (Å²) in [6, 6.07) is 17.1. The van der Waals surface area contributed by atoms with Crippen LogP contribution in [0.4, 0.5) is 11.4 Å². The van der Waals surface area contributed by atoms with Gasteiger partial charge in [0, 0.05) is 48.9 Å². The van der Waals surface area contributed by atoms with Crippen LogP contribution in [0.1, 0.15) is 25.7 Å². The Kier molecular flexibility index (Phi) is 7.81. The largest absolute Gasteiger partial charge is 0.497 e. The highest BCUT2D eigenvalue weighted by atomic mass is 32.2. The molecule has 0 spiro atoms. The lowest BCUT2D eigenvalue weighted by molar-refractivity contribution is 0.360. The van der Waals surface area contributed by atoms with Crippen LogP contribution in [0.15, 0.2) is 58.4 Å². The zero-order valence-electron chi connectivity index (χ0n) is 19.2. The van der Waals surface area contributed by atoms with Crippen molar-refractivity contribution in [1.82, 2.24) is 4.90 Å². The van der Waals surface area contributed by atoms with Crippen molar-refractivity contribution in [2.24, 2.45) is 10.7 Å². The van der Waals surface area contributed by atoms with Crippen LogP contribution < -0.4 is 20.7 Å². The minimum absolute atomic E-state index is 0.148. The highest BCUT2D eigenvalue weighted by molar-refractivity contribution is 7.98. The molecule has 1 saturated carbocycles. The molecule has 7 heteroatoms. The predicted molar refractivity (Wildman–Crippen MR) is 136 cm³/mol. The Hall–Kier alpha value is -2.38. The number of nitrogens with one attached hydrogen (secondary N) is 1. The summed E-state index contributed by atoms with van der Waals surface area (Å²) in [4.78, 5) is 11.2. The smallest absolute Gasteiger partial charge is 0.198 e. The lowest BCUT2D eigenvalue weighted by atomic mass is 9.91. The van der Waals surface area contributed by atoms with Gasteiger partial charge in [0.05, 0.1) is 18.8 Å². The van der Waals surface area contributed by atoms with Crippen LogP contribution in [0.25, 0.3) is 0 Å². The minimum Gasteiger partial charge on any atom is -0.497 e. The van der Waals surface area contributed by atoms with E-state index in [9.17, 15) is 0 Å². The Balaban J connectivity index is 1.52. The first-order valence-corrected chi connectivity index (χ1v) is 12.8. The summed E-state index contributed by atoms with van der Waals surface area (Å²) in [6.45, 7) is 3.70. The van der Waals surface area contributed by atoms with Crippen LogP contribution >= 0.6 is 11.8 Å². The van der Waals surface area contributed by atoms with Gasteiger partial charge in [-0.1, -0.05) is 31.0 Å². The first kappa shape index (κ1) is 22.8. The Bertz CT molecular complexity index is 913. The SMILES string of the molecule is COc1cccc(N2CCN(C(=N[C@H]3CCCC[C@@H]3N)Nc3ccccc3SC)CC2)c1. The third kappa shape index (κ3) is 5.51. The number of hydrogen-bond acceptors (Lipinski definition) is 5. The van der Waals surface area contributed by atoms with Gasteiger partial charge in [-0.3, -0.25) is 0 Å². The van der Waals surface area contributed by atoms with Crippen LogP contribution in [0.2, 0.25) is 0 Å². The van der Waals surface area contributed by atoms with Crippen molar-refractivity contribution in [2.45, 2.75) is 42.7 Å². The number of hydrogen-bond donors (Lipinski definition) is 2. The predicted octanol–water partition coefficient (Wildman–Crippen LogP) is 4.28. The second-order valence-corrected chi connectivity index (χ2v) is 9.32. The molecule has 0 bridgehead atoms. The quantitative estimate of drug-likeness (QED) is 0.400. The number of nitrogens with two attached hydrogens (primary N) is 1. The molecule has 1 heterocycles. The fourth-order valence-electron chi connectivity index (χ4n) is 4.50. The second-order valence-electron chi connectivity index (χ2n) is 8.47. The van der Waals surface area contributed by atoms with E-state index in [-0.39, 0.29) is 12.1 Å². The lowest BCUT2D eigenvalue weighted by Crippen LogP contribution is -2.51. The van der Waals surface area contributed by atoms with Gasteiger partial charge in [0.15, 0.2) is 5.96 Å². The van der Waals surface area contributed by atoms with Gasteiger partial charge >= 0.3 is 0 Å². The van der Waals surface area contributed by atoms with Crippen molar-refractivity contribution in [2.75, 3.05) is 49.8 Å². The molecule has 2 aromatic rings. The number of aliphatic imine (C=N–C) groups is 1. The number of thioether (sulfide) groups is 1. The first-order valence-electron chi connectivity index (χ1n) is 11.6. The van der Waals surface area contributed by atoms with Gasteiger partial charge in [0.25, 0.3) is 0 Å². The average molecular weight is 454 g/mol. The van der Waals surface area contributed by atoms with Gasteiger partial charge < -0.3 is 25.6 Å². The molecule has 1 saturated heterocycles. The summed E-state index contributed by atoms with van der Waals surface area (Å²) in [6.07, 6.45) is 6.67. The Morgan fingerprint density at radius 3 is 2.59 bits per heavy atom. The first-order chi connectivity index (χ1) is 15.7. The number of guanidine groups is 1. The molecular weight excluding hydrogens is 418 g/mol. The molecule has 3 N–H and O–H groups in total. The minimum atomic E-state index is 0.148. The van der Waals surface area contributed by atoms with E-state index in [0.29, 0.717) is 0 Å². The van der Waals surface area contributed by atoms with Gasteiger partial charge in [-0.2, -0.15) is 0 Å². The molecule has 6 nitrogen and oxygen atoms in total. The van der Waals surface area contributed by atoms with E-state index >= 15 is 0 Å². The molecule has 4 rings (SSSR count). The van der Waals surface area contributed by atoms with Crippen molar-refractivity contribution in [1.29, 1.82) is 0 Å². The molecule has 2 aliphatic rings. The molecule has 2 fully saturated rings. The average Bonchev–Trinajstić information content (AvgIpc) is 2.85. The van der Waals surface area contributed by atoms with E-state index < -0.39 is 0 Å². The van der Waals surface area contributed by atoms with Crippen LogP contribution in [0.5, 0.6) is 5.75 Å². The fourth-order valence-corrected chi connectivity index (χ4v) is 5.06. The molecule has 2 atom stereocenters. The molecule has 2 aromatic carbocycles. The van der Waals surface area contributed by atoms with Crippen LogP contribution in [-0.4, -0.2) is 62.5 Å². The number of para-hydroxylation sites is 1. The van der Waals surface area contributed by atoms with E-state index in [0.717, 1.165) is 56.4 Å². The third-order valence-corrected chi connectivity index (χ3v) is 7.22. The maximum absolute atomic E-state index is 6.45. The number of piperazine rings is 1. The van der Waals surface area contributed by atoms with Gasteiger partial charge in [0.1, 0.15) is 5.75 Å². The molecule has 172 valence electrons. The summed E-state index contributed by atoms with van der Waals surface area (Å²) in [5.41, 5.74) is 8.77. The van der Waals surface area contributed by atoms with E-state index in [2.05, 4.69) is 63.8 Å². The molecule has 0 unspecified atom stereocenters. The van der Waals surface area contributed by atoms with Crippen molar-refractivity contribution in [3.63, 3.8) is 0 Å². The van der Waals surface area contributed by atoms with Gasteiger partial charge in [0.2, 0.25) is 0 Å². The van der Waals surface area contributed by atoms with Gasteiger partial charge in [-0.05, 0) is 43.4 Å². The summed E-state index contributed by atoms with van der Waals surface area (Å²) in [5, 5.41) is 3.67. The molecular formula is C25H35N5OS. The van der Waals surface area contributed by atoms with Crippen LogP contribution in [0.3, 0.4) is 0 Å². The molecule has 0 radical (unpaired) electrons. The number of rotatable bonds is 5. The highest BCUT2D eigenvalue weighted by Crippen LogP contribution is 2.27. The third-order valence-electron chi connectivity index (χ3n) is 6.42. The van der Waals surface area contributed by atoms with E-state index in [1.807, 2.05) is 6.07 Å². The van der Waals surface area contributed by atoms with E-state index in [4.69, 9.17) is 15.5 Å². The molecule has 1 aliphatic heterocycles. The van der Waals surface area contributed by atoms with Crippen molar-refractivity contribution >= 4 is 29.1 Å². The molecule has 0 aromatic heterocycles. The number of anilines is 2. The van der Waals surface area contributed by atoms with Crippen molar-refractivity contribution in [3.05, 3.63) is 48.5 Å². The van der Waals surface area contributed by atoms with Crippen molar-refractivity contribution in [3.8, 4) is 5.75 Å². The number of nitrogens with zero attached hydrogens (tertiary/aromatic N) is 3. The molecule has 0 amide bonds. The Morgan fingerprint density at radius 2 is 1.84 bits per heavy atom. The summed E-state index contributed by atoms with van der Waals surface area (Å²) in [7, 11) is 1.72. The number of ether oxygens (including phenoxy) is 1. The van der Waals surface area contributed by atoms with Crippen LogP contribution in [0, 0.1) is 0 Å². The zero-order chi connectivity index (χ0) is 22.3. The molecule has 32 heavy (non-hydrogen) atoms. The zero-order valence-corrected chi connectivity index (χ0v) is 20.0.